The average Bonchev–Trinajstić information content (AvgIpc) is 3.34. The SMILES string of the molecule is CCN(CC)c1ccc(C=c2sc3nc(-c4cccc5ccccc45)nn3c2=O)cc1. The standard InChI is InChI=1S/C25H22N4OS/c1-3-28(4-2)19-14-12-17(13-15-19)16-22-24(30)29-25(31-22)26-23(27-29)21-11-7-9-18-8-5-6-10-20(18)21/h5-16H,3-4H2,1-2H3. The minimum absolute atomic E-state index is 0.133. The van der Waals surface area contributed by atoms with Crippen molar-refractivity contribution in [2.24, 2.45) is 0 Å². The van der Waals surface area contributed by atoms with Crippen molar-refractivity contribution >= 4 is 38.8 Å². The van der Waals surface area contributed by atoms with E-state index < -0.39 is 0 Å². The highest BCUT2D eigenvalue weighted by molar-refractivity contribution is 7.15. The molecule has 0 aliphatic rings. The number of anilines is 1. The highest BCUT2D eigenvalue weighted by atomic mass is 32.1. The number of hydrogen-bond donors (Lipinski definition) is 0. The normalized spacial score (nSPS) is 12.1. The molecule has 31 heavy (non-hydrogen) atoms. The lowest BCUT2D eigenvalue weighted by Crippen LogP contribution is -2.23. The van der Waals surface area contributed by atoms with E-state index in [2.05, 4.69) is 59.2 Å². The van der Waals surface area contributed by atoms with Gasteiger partial charge in [0.15, 0.2) is 5.82 Å². The second-order valence-electron chi connectivity index (χ2n) is 7.34. The molecule has 0 spiro atoms. The maximum absolute atomic E-state index is 12.9. The van der Waals surface area contributed by atoms with Gasteiger partial charge in [-0.05, 0) is 48.4 Å². The minimum atomic E-state index is -0.133. The number of rotatable bonds is 5. The Bertz CT molecular complexity index is 1470. The van der Waals surface area contributed by atoms with Gasteiger partial charge in [0.25, 0.3) is 5.56 Å². The molecule has 0 saturated carbocycles. The van der Waals surface area contributed by atoms with Gasteiger partial charge in [-0.3, -0.25) is 4.79 Å². The molecule has 2 heterocycles. The molecule has 2 aromatic heterocycles. The minimum Gasteiger partial charge on any atom is -0.372 e. The molecule has 5 aromatic rings. The van der Waals surface area contributed by atoms with Gasteiger partial charge >= 0.3 is 0 Å². The summed E-state index contributed by atoms with van der Waals surface area (Å²) in [5.41, 5.74) is 2.98. The second kappa shape index (κ2) is 7.96. The third-order valence-corrected chi connectivity index (χ3v) is 6.49. The lowest BCUT2D eigenvalue weighted by molar-refractivity contribution is 0.866. The molecule has 5 nitrogen and oxygen atoms in total. The summed E-state index contributed by atoms with van der Waals surface area (Å²) in [6, 6.07) is 22.5. The summed E-state index contributed by atoms with van der Waals surface area (Å²) in [5.74, 6) is 0.579. The predicted molar refractivity (Wildman–Crippen MR) is 129 cm³/mol. The zero-order valence-corrected chi connectivity index (χ0v) is 18.3. The topological polar surface area (TPSA) is 50.5 Å². The van der Waals surface area contributed by atoms with Crippen LogP contribution in [0.15, 0.2) is 71.5 Å². The monoisotopic (exact) mass is 426 g/mol. The van der Waals surface area contributed by atoms with Gasteiger partial charge in [0.2, 0.25) is 4.96 Å². The Hall–Kier alpha value is -3.51. The van der Waals surface area contributed by atoms with Crippen molar-refractivity contribution in [1.29, 1.82) is 0 Å². The summed E-state index contributed by atoms with van der Waals surface area (Å²) in [6.07, 6.45) is 1.91. The van der Waals surface area contributed by atoms with Crippen LogP contribution in [0.25, 0.3) is 33.2 Å². The molecular weight excluding hydrogens is 404 g/mol. The summed E-state index contributed by atoms with van der Waals surface area (Å²) in [7, 11) is 0. The summed E-state index contributed by atoms with van der Waals surface area (Å²) in [5, 5.41) is 6.74. The maximum Gasteiger partial charge on any atom is 0.291 e. The molecule has 0 amide bonds. The van der Waals surface area contributed by atoms with E-state index in [4.69, 9.17) is 0 Å². The number of fused-ring (bicyclic) bond motifs is 2. The van der Waals surface area contributed by atoms with Crippen LogP contribution in [0.3, 0.4) is 0 Å². The number of aromatic nitrogens is 3. The quantitative estimate of drug-likeness (QED) is 0.419. The van der Waals surface area contributed by atoms with Gasteiger partial charge in [-0.1, -0.05) is 65.9 Å². The van der Waals surface area contributed by atoms with Gasteiger partial charge in [-0.2, -0.15) is 9.50 Å². The Morgan fingerprint density at radius 1 is 0.968 bits per heavy atom. The van der Waals surface area contributed by atoms with Gasteiger partial charge in [0.1, 0.15) is 0 Å². The van der Waals surface area contributed by atoms with Crippen LogP contribution in [0, 0.1) is 0 Å². The third kappa shape index (κ3) is 3.49. The molecule has 0 aliphatic heterocycles. The van der Waals surface area contributed by atoms with Crippen molar-refractivity contribution in [2.45, 2.75) is 13.8 Å². The van der Waals surface area contributed by atoms with Crippen molar-refractivity contribution in [3.63, 3.8) is 0 Å². The number of hydrogen-bond acceptors (Lipinski definition) is 5. The van der Waals surface area contributed by atoms with Crippen molar-refractivity contribution in [3.8, 4) is 11.4 Å². The molecule has 0 N–H and O–H groups in total. The van der Waals surface area contributed by atoms with E-state index in [1.807, 2.05) is 42.5 Å². The van der Waals surface area contributed by atoms with E-state index >= 15 is 0 Å². The molecule has 0 unspecified atom stereocenters. The van der Waals surface area contributed by atoms with Crippen LogP contribution >= 0.6 is 11.3 Å². The smallest absolute Gasteiger partial charge is 0.291 e. The Kier molecular flexibility index (Phi) is 5.00. The van der Waals surface area contributed by atoms with E-state index in [1.54, 1.807) is 0 Å². The molecule has 0 atom stereocenters. The lowest BCUT2D eigenvalue weighted by atomic mass is 10.0. The first-order valence-corrected chi connectivity index (χ1v) is 11.2. The average molecular weight is 427 g/mol. The third-order valence-electron chi connectivity index (χ3n) is 5.53. The predicted octanol–water partition coefficient (Wildman–Crippen LogP) is 4.37. The van der Waals surface area contributed by atoms with Crippen LogP contribution in [-0.2, 0) is 0 Å². The summed E-state index contributed by atoms with van der Waals surface area (Å²) in [6.45, 7) is 6.23. The number of thiazole rings is 1. The number of nitrogens with zero attached hydrogens (tertiary/aromatic N) is 4. The van der Waals surface area contributed by atoms with Gasteiger partial charge in [-0.25, -0.2) is 0 Å². The van der Waals surface area contributed by atoms with E-state index in [9.17, 15) is 4.79 Å². The largest absolute Gasteiger partial charge is 0.372 e. The fourth-order valence-corrected chi connectivity index (χ4v) is 4.80. The molecule has 154 valence electrons. The zero-order valence-electron chi connectivity index (χ0n) is 17.4. The van der Waals surface area contributed by atoms with Crippen molar-refractivity contribution in [3.05, 3.63) is 87.2 Å². The van der Waals surface area contributed by atoms with Crippen LogP contribution < -0.4 is 15.0 Å². The van der Waals surface area contributed by atoms with E-state index in [0.29, 0.717) is 15.3 Å². The Balaban J connectivity index is 1.53. The number of benzene rings is 3. The molecule has 0 aliphatic carbocycles. The zero-order chi connectivity index (χ0) is 21.4. The van der Waals surface area contributed by atoms with E-state index in [1.165, 1.54) is 21.5 Å². The van der Waals surface area contributed by atoms with Crippen LogP contribution in [0.1, 0.15) is 19.4 Å². The van der Waals surface area contributed by atoms with Crippen molar-refractivity contribution in [1.82, 2.24) is 14.6 Å². The van der Waals surface area contributed by atoms with Crippen molar-refractivity contribution < 1.29 is 0 Å². The van der Waals surface area contributed by atoms with Crippen LogP contribution in [-0.4, -0.2) is 27.7 Å². The lowest BCUT2D eigenvalue weighted by Gasteiger charge is -2.20. The Morgan fingerprint density at radius 2 is 1.71 bits per heavy atom. The first-order chi connectivity index (χ1) is 15.2. The molecule has 0 saturated heterocycles. The van der Waals surface area contributed by atoms with Crippen LogP contribution in [0.4, 0.5) is 5.69 Å². The van der Waals surface area contributed by atoms with Crippen LogP contribution in [0.2, 0.25) is 0 Å². The summed E-state index contributed by atoms with van der Waals surface area (Å²) in [4.78, 5) is 20.5. The Morgan fingerprint density at radius 3 is 2.45 bits per heavy atom. The molecule has 3 aromatic carbocycles. The van der Waals surface area contributed by atoms with Crippen LogP contribution in [0.5, 0.6) is 0 Å². The van der Waals surface area contributed by atoms with Crippen molar-refractivity contribution in [2.75, 3.05) is 18.0 Å². The molecule has 0 fully saturated rings. The van der Waals surface area contributed by atoms with Gasteiger partial charge in [-0.15, -0.1) is 5.10 Å². The van der Waals surface area contributed by atoms with Gasteiger partial charge in [0, 0.05) is 24.3 Å². The Labute approximate surface area is 183 Å². The molecule has 5 rings (SSSR count). The molecule has 6 heteroatoms. The van der Waals surface area contributed by atoms with Gasteiger partial charge in [0.05, 0.1) is 4.53 Å². The highest BCUT2D eigenvalue weighted by Crippen LogP contribution is 2.26. The first-order valence-electron chi connectivity index (χ1n) is 10.4. The fraction of sp³-hybridized carbons (Fsp3) is 0.160. The first kappa shape index (κ1) is 19.5. The summed E-state index contributed by atoms with van der Waals surface area (Å²) >= 11 is 1.37. The highest BCUT2D eigenvalue weighted by Gasteiger charge is 2.14. The molecular formula is C25H22N4OS. The van der Waals surface area contributed by atoms with E-state index in [-0.39, 0.29) is 5.56 Å². The fourth-order valence-electron chi connectivity index (χ4n) is 3.89. The van der Waals surface area contributed by atoms with Gasteiger partial charge < -0.3 is 4.90 Å². The van der Waals surface area contributed by atoms with E-state index in [0.717, 1.165) is 35.0 Å². The second-order valence-corrected chi connectivity index (χ2v) is 8.35. The maximum atomic E-state index is 12.9. The molecule has 0 bridgehead atoms. The summed E-state index contributed by atoms with van der Waals surface area (Å²) < 4.78 is 2.05. The molecule has 0 radical (unpaired) electrons.